The Morgan fingerprint density at radius 2 is 1.91 bits per heavy atom. The summed E-state index contributed by atoms with van der Waals surface area (Å²) in [5.41, 5.74) is 2.75. The molecule has 0 radical (unpaired) electrons. The van der Waals surface area contributed by atoms with Crippen LogP contribution < -0.4 is 4.90 Å². The molecule has 0 bridgehead atoms. The summed E-state index contributed by atoms with van der Waals surface area (Å²) in [6.45, 7) is 3.75. The highest BCUT2D eigenvalue weighted by atomic mass is 35.5. The molecule has 11 heteroatoms. The van der Waals surface area contributed by atoms with Gasteiger partial charge in [0, 0.05) is 62.7 Å². The Kier molecular flexibility index (Phi) is 7.36. The van der Waals surface area contributed by atoms with E-state index in [4.69, 9.17) is 16.3 Å². The van der Waals surface area contributed by atoms with E-state index in [1.54, 1.807) is 19.2 Å². The molecule has 0 atom stereocenters. The van der Waals surface area contributed by atoms with Crippen LogP contribution in [0.1, 0.15) is 0 Å². The molecule has 4 rings (SSSR count). The van der Waals surface area contributed by atoms with Crippen LogP contribution in [0.3, 0.4) is 0 Å². The van der Waals surface area contributed by atoms with Gasteiger partial charge in [0.05, 0.1) is 28.3 Å². The SMILES string of the molecule is COCCn1c(SCC(=O)N2CCN(c3ccc([N+](=O)[O-])cc3)CC2)nc2cc(Cl)ccc21. The van der Waals surface area contributed by atoms with E-state index in [1.165, 1.54) is 23.9 Å². The average molecular weight is 490 g/mol. The first-order valence-electron chi connectivity index (χ1n) is 10.5. The van der Waals surface area contributed by atoms with Gasteiger partial charge in [0.1, 0.15) is 0 Å². The fourth-order valence-corrected chi connectivity index (χ4v) is 4.92. The minimum atomic E-state index is -0.407. The number of fused-ring (bicyclic) bond motifs is 1. The Hall–Kier alpha value is -2.82. The molecule has 2 aromatic carbocycles. The van der Waals surface area contributed by atoms with Crippen LogP contribution in [0, 0.1) is 10.1 Å². The lowest BCUT2D eigenvalue weighted by Gasteiger charge is -2.36. The van der Waals surface area contributed by atoms with Gasteiger partial charge < -0.3 is 19.1 Å². The molecule has 1 aliphatic heterocycles. The van der Waals surface area contributed by atoms with Gasteiger partial charge in [0.15, 0.2) is 5.16 Å². The predicted molar refractivity (Wildman–Crippen MR) is 129 cm³/mol. The number of halogens is 1. The van der Waals surface area contributed by atoms with Crippen LogP contribution >= 0.6 is 23.4 Å². The molecule has 1 aliphatic rings. The van der Waals surface area contributed by atoms with Gasteiger partial charge in [-0.25, -0.2) is 4.98 Å². The number of thioether (sulfide) groups is 1. The van der Waals surface area contributed by atoms with Gasteiger partial charge in [-0.1, -0.05) is 23.4 Å². The number of methoxy groups -OCH3 is 1. The molecular formula is C22H24ClN5O4S. The minimum Gasteiger partial charge on any atom is -0.383 e. The number of rotatable bonds is 8. The molecule has 33 heavy (non-hydrogen) atoms. The van der Waals surface area contributed by atoms with Gasteiger partial charge in [-0.15, -0.1) is 0 Å². The van der Waals surface area contributed by atoms with Crippen LogP contribution in [-0.4, -0.2) is 70.9 Å². The van der Waals surface area contributed by atoms with Crippen molar-refractivity contribution in [3.8, 4) is 0 Å². The van der Waals surface area contributed by atoms with E-state index < -0.39 is 4.92 Å². The van der Waals surface area contributed by atoms with Crippen molar-refractivity contribution in [2.24, 2.45) is 0 Å². The van der Waals surface area contributed by atoms with E-state index in [9.17, 15) is 14.9 Å². The number of ether oxygens (including phenoxy) is 1. The van der Waals surface area contributed by atoms with Gasteiger partial charge in [0.25, 0.3) is 5.69 Å². The van der Waals surface area contributed by atoms with Crippen molar-refractivity contribution in [3.05, 3.63) is 57.6 Å². The molecule has 0 saturated carbocycles. The van der Waals surface area contributed by atoms with Crippen molar-refractivity contribution in [1.29, 1.82) is 0 Å². The minimum absolute atomic E-state index is 0.0618. The maximum atomic E-state index is 12.9. The predicted octanol–water partition coefficient (Wildman–Crippen LogP) is 3.69. The second-order valence-electron chi connectivity index (χ2n) is 7.60. The first-order valence-corrected chi connectivity index (χ1v) is 11.9. The van der Waals surface area contributed by atoms with E-state index >= 15 is 0 Å². The number of amides is 1. The summed E-state index contributed by atoms with van der Waals surface area (Å²) < 4.78 is 7.29. The number of nitro groups is 1. The molecule has 0 unspecified atom stereocenters. The summed E-state index contributed by atoms with van der Waals surface area (Å²) in [6.07, 6.45) is 0. The molecule has 0 aliphatic carbocycles. The lowest BCUT2D eigenvalue weighted by atomic mass is 10.2. The van der Waals surface area contributed by atoms with Crippen molar-refractivity contribution >= 4 is 51.7 Å². The van der Waals surface area contributed by atoms with Crippen molar-refractivity contribution in [2.75, 3.05) is 50.5 Å². The fourth-order valence-electron chi connectivity index (χ4n) is 3.81. The second kappa shape index (κ2) is 10.4. The first-order chi connectivity index (χ1) is 16.0. The van der Waals surface area contributed by atoms with Gasteiger partial charge in [-0.2, -0.15) is 0 Å². The third-order valence-electron chi connectivity index (χ3n) is 5.58. The summed E-state index contributed by atoms with van der Waals surface area (Å²) in [7, 11) is 1.66. The van der Waals surface area contributed by atoms with Crippen molar-refractivity contribution in [1.82, 2.24) is 14.5 Å². The highest BCUT2D eigenvalue weighted by Gasteiger charge is 2.23. The zero-order valence-electron chi connectivity index (χ0n) is 18.1. The maximum Gasteiger partial charge on any atom is 0.269 e. The number of benzene rings is 2. The van der Waals surface area contributed by atoms with Crippen LogP contribution in [0.25, 0.3) is 11.0 Å². The number of nitrogens with zero attached hydrogens (tertiary/aromatic N) is 5. The molecule has 0 N–H and O–H groups in total. The van der Waals surface area contributed by atoms with Gasteiger partial charge in [-0.3, -0.25) is 14.9 Å². The highest BCUT2D eigenvalue weighted by Crippen LogP contribution is 2.27. The maximum absolute atomic E-state index is 12.9. The van der Waals surface area contributed by atoms with Gasteiger partial charge in [0.2, 0.25) is 5.91 Å². The molecule has 0 spiro atoms. The lowest BCUT2D eigenvalue weighted by molar-refractivity contribution is -0.384. The number of imidazole rings is 1. The molecule has 1 amide bonds. The Bertz CT molecular complexity index is 1150. The topological polar surface area (TPSA) is 93.7 Å². The Balaban J connectivity index is 1.36. The number of anilines is 1. The van der Waals surface area contributed by atoms with E-state index in [1.807, 2.05) is 23.1 Å². The highest BCUT2D eigenvalue weighted by molar-refractivity contribution is 7.99. The third kappa shape index (κ3) is 5.40. The molecule has 3 aromatic rings. The smallest absolute Gasteiger partial charge is 0.269 e. The molecule has 2 heterocycles. The molecule has 174 valence electrons. The molecule has 1 saturated heterocycles. The number of aromatic nitrogens is 2. The standard InChI is InChI=1S/C22H24ClN5O4S/c1-32-13-12-27-20-7-2-16(23)14-19(20)24-22(27)33-15-21(29)26-10-8-25(9-11-26)17-3-5-18(6-4-17)28(30)31/h2-7,14H,8-13,15H2,1H3. The summed E-state index contributed by atoms with van der Waals surface area (Å²) in [6, 6.07) is 12.1. The molecular weight excluding hydrogens is 466 g/mol. The van der Waals surface area contributed by atoms with E-state index in [0.717, 1.165) is 21.9 Å². The van der Waals surface area contributed by atoms with Crippen LogP contribution in [-0.2, 0) is 16.1 Å². The second-order valence-corrected chi connectivity index (χ2v) is 8.98. The molecule has 9 nitrogen and oxygen atoms in total. The van der Waals surface area contributed by atoms with Crippen molar-refractivity contribution in [3.63, 3.8) is 0 Å². The normalized spacial score (nSPS) is 14.1. The summed E-state index contributed by atoms with van der Waals surface area (Å²) >= 11 is 7.53. The van der Waals surface area contributed by atoms with E-state index in [-0.39, 0.29) is 11.6 Å². The number of piperazine rings is 1. The van der Waals surface area contributed by atoms with Crippen LogP contribution in [0.5, 0.6) is 0 Å². The third-order valence-corrected chi connectivity index (χ3v) is 6.77. The summed E-state index contributed by atoms with van der Waals surface area (Å²) in [5.74, 6) is 0.355. The first kappa shape index (κ1) is 23.3. The summed E-state index contributed by atoms with van der Waals surface area (Å²) in [4.78, 5) is 32.0. The quantitative estimate of drug-likeness (QED) is 0.270. The molecule has 1 fully saturated rings. The number of carbonyl (C=O) groups excluding carboxylic acids is 1. The Morgan fingerprint density at radius 1 is 1.18 bits per heavy atom. The number of hydrogen-bond donors (Lipinski definition) is 0. The zero-order chi connectivity index (χ0) is 23.4. The van der Waals surface area contributed by atoms with Crippen molar-refractivity contribution < 1.29 is 14.5 Å². The van der Waals surface area contributed by atoms with E-state index in [2.05, 4.69) is 14.5 Å². The lowest BCUT2D eigenvalue weighted by Crippen LogP contribution is -2.49. The number of carbonyl (C=O) groups is 1. The largest absolute Gasteiger partial charge is 0.383 e. The van der Waals surface area contributed by atoms with Gasteiger partial charge >= 0.3 is 0 Å². The Morgan fingerprint density at radius 3 is 2.58 bits per heavy atom. The van der Waals surface area contributed by atoms with Crippen LogP contribution in [0.15, 0.2) is 47.6 Å². The number of non-ortho nitro benzene ring substituents is 1. The summed E-state index contributed by atoms with van der Waals surface area (Å²) in [5, 5.41) is 12.2. The Labute approximate surface area is 200 Å². The van der Waals surface area contributed by atoms with Gasteiger partial charge in [-0.05, 0) is 30.3 Å². The van der Waals surface area contributed by atoms with Crippen LogP contribution in [0.4, 0.5) is 11.4 Å². The van der Waals surface area contributed by atoms with E-state index in [0.29, 0.717) is 50.1 Å². The molecule has 1 aromatic heterocycles. The van der Waals surface area contributed by atoms with Crippen molar-refractivity contribution in [2.45, 2.75) is 11.7 Å². The fraction of sp³-hybridized carbons (Fsp3) is 0.364. The average Bonchev–Trinajstić information content (AvgIpc) is 3.17. The van der Waals surface area contributed by atoms with Crippen LogP contribution in [0.2, 0.25) is 5.02 Å². The number of nitro benzene ring substituents is 1. The number of hydrogen-bond acceptors (Lipinski definition) is 7. The zero-order valence-corrected chi connectivity index (χ0v) is 19.7. The monoisotopic (exact) mass is 489 g/mol.